The number of likely N-dealkylation sites (N-methyl/N-ethyl adjacent to an activating group) is 1. The fourth-order valence-corrected chi connectivity index (χ4v) is 9.42. The van der Waals surface area contributed by atoms with E-state index in [1.54, 1.807) is 76.0 Å². The predicted octanol–water partition coefficient (Wildman–Crippen LogP) is 4.99. The highest BCUT2D eigenvalue weighted by Crippen LogP contribution is 2.38. The van der Waals surface area contributed by atoms with Crippen LogP contribution < -0.4 is 31.3 Å². The lowest BCUT2D eigenvalue weighted by molar-refractivity contribution is -0.144. The summed E-state index contributed by atoms with van der Waals surface area (Å²) in [6, 6.07) is 8.00. The second-order valence-electron chi connectivity index (χ2n) is 20.1. The van der Waals surface area contributed by atoms with Gasteiger partial charge in [-0.05, 0) is 89.8 Å². The summed E-state index contributed by atoms with van der Waals surface area (Å²) < 4.78 is 56.2. The number of carbonyl (C=O) groups is 4. The molecule has 4 aromatic rings. The Bertz CT molecular complexity index is 2540. The number of hydrogen-bond acceptors (Lipinski definition) is 16. The van der Waals surface area contributed by atoms with Crippen LogP contribution in [0, 0.1) is 11.3 Å². The smallest absolute Gasteiger partial charge is 0.246 e. The molecule has 3 heterocycles. The number of aromatic nitrogens is 2. The van der Waals surface area contributed by atoms with Crippen molar-refractivity contribution >= 4 is 77.3 Å². The molecule has 3 unspecified atom stereocenters. The number of anilines is 2. The van der Waals surface area contributed by atoms with Gasteiger partial charge in [0.1, 0.15) is 35.9 Å². The molecular formula is C50H74N8O11S2. The van der Waals surface area contributed by atoms with Crippen LogP contribution in [0.1, 0.15) is 75.7 Å². The zero-order chi connectivity index (χ0) is 52.1. The third-order valence-corrected chi connectivity index (χ3v) is 15.5. The quantitative estimate of drug-likeness (QED) is 0.0521. The molecule has 0 aliphatic carbocycles. The van der Waals surface area contributed by atoms with Crippen molar-refractivity contribution in [3.8, 4) is 5.75 Å². The summed E-state index contributed by atoms with van der Waals surface area (Å²) in [6.45, 7) is 19.7. The molecule has 1 aliphatic heterocycles. The Morgan fingerprint density at radius 3 is 2.08 bits per heavy atom. The van der Waals surface area contributed by atoms with Gasteiger partial charge in [-0.15, -0.1) is 11.3 Å². The van der Waals surface area contributed by atoms with E-state index in [1.165, 1.54) is 4.90 Å². The molecule has 392 valence electrons. The third-order valence-electron chi connectivity index (χ3n) is 12.2. The Balaban J connectivity index is 1.01. The molecule has 1 aliphatic rings. The summed E-state index contributed by atoms with van der Waals surface area (Å²) >= 11 is 1.56. The van der Waals surface area contributed by atoms with Crippen LogP contribution in [0.5, 0.6) is 5.75 Å². The van der Waals surface area contributed by atoms with Crippen molar-refractivity contribution in [1.82, 2.24) is 36.1 Å². The van der Waals surface area contributed by atoms with Crippen molar-refractivity contribution in [3.63, 3.8) is 0 Å². The molecule has 5 N–H and O–H groups in total. The fourth-order valence-electron chi connectivity index (χ4n) is 7.44. The van der Waals surface area contributed by atoms with Crippen molar-refractivity contribution in [2.24, 2.45) is 11.3 Å². The normalized spacial score (nSPS) is 16.8. The lowest BCUT2D eigenvalue weighted by Gasteiger charge is -2.36. The van der Waals surface area contributed by atoms with E-state index in [9.17, 15) is 27.6 Å². The van der Waals surface area contributed by atoms with Crippen molar-refractivity contribution in [1.29, 1.82) is 0 Å². The molecule has 1 saturated heterocycles. The first-order valence-corrected chi connectivity index (χ1v) is 26.5. The fraction of sp³-hybridized carbons (Fsp3) is 0.600. The lowest BCUT2D eigenvalue weighted by atomic mass is 9.85. The second-order valence-corrected chi connectivity index (χ2v) is 23.6. The van der Waals surface area contributed by atoms with Crippen molar-refractivity contribution in [3.05, 3.63) is 48.1 Å². The highest BCUT2D eigenvalue weighted by atomic mass is 32.2. The number of thiazole rings is 1. The number of likely N-dealkylation sites (tertiary alicyclic amines) is 1. The molecule has 0 radical (unpaired) electrons. The zero-order valence-corrected chi connectivity index (χ0v) is 44.6. The summed E-state index contributed by atoms with van der Waals surface area (Å²) in [6.07, 6.45) is 1.86. The average Bonchev–Trinajstić information content (AvgIpc) is 3.96. The number of sulfone groups is 1. The van der Waals surface area contributed by atoms with Crippen LogP contribution in [0.3, 0.4) is 0 Å². The zero-order valence-electron chi connectivity index (χ0n) is 43.0. The van der Waals surface area contributed by atoms with Crippen LogP contribution in [0.4, 0.5) is 11.4 Å². The van der Waals surface area contributed by atoms with Gasteiger partial charge in [-0.1, -0.05) is 34.6 Å². The van der Waals surface area contributed by atoms with E-state index in [4.69, 9.17) is 23.7 Å². The minimum Gasteiger partial charge on any atom is -0.490 e. The number of benzene rings is 2. The van der Waals surface area contributed by atoms with Gasteiger partial charge in [-0.25, -0.2) is 13.4 Å². The van der Waals surface area contributed by atoms with Gasteiger partial charge in [0.2, 0.25) is 23.6 Å². The lowest BCUT2D eigenvalue weighted by Crippen LogP contribution is -2.60. The third kappa shape index (κ3) is 15.7. The van der Waals surface area contributed by atoms with E-state index in [-0.39, 0.29) is 93.6 Å². The number of carbonyl (C=O) groups excluding carboxylic acids is 4. The van der Waals surface area contributed by atoms with Gasteiger partial charge in [-0.2, -0.15) is 0 Å². The molecule has 2 aromatic heterocycles. The van der Waals surface area contributed by atoms with Crippen LogP contribution in [0.25, 0.3) is 21.1 Å². The van der Waals surface area contributed by atoms with E-state index in [1.807, 2.05) is 59.7 Å². The molecule has 5 atom stereocenters. The van der Waals surface area contributed by atoms with Gasteiger partial charge in [0.25, 0.3) is 0 Å². The minimum absolute atomic E-state index is 0.0628. The summed E-state index contributed by atoms with van der Waals surface area (Å²) in [7, 11) is -2.17. The van der Waals surface area contributed by atoms with Crippen molar-refractivity contribution in [2.45, 2.75) is 116 Å². The monoisotopic (exact) mass is 1030 g/mol. The Hall–Kier alpha value is -5.03. The number of hydrogen-bond donors (Lipinski definition) is 5. The first-order chi connectivity index (χ1) is 33.5. The van der Waals surface area contributed by atoms with Gasteiger partial charge in [-0.3, -0.25) is 24.2 Å². The standard InChI is InChI=1S/C50H74N8O11S2/c1-31(2)32(3)54-47(61)40-25-35(28-58(40)48(62)45(49(5,6)7)57-46(60)33(4)51-11)56-44(59)29-68-21-20-66-17-16-65-18-19-67-22-23-69-41-27-38-36(26-43(41)71(63,64)50(8,9)10)37(14-15-52-38)55-34-12-13-42-39(24-34)53-30-70-42/h12-15,24,26-27,30-33,35,40,45,51H,16-23,25,28-29H2,1-11H3,(H,52,55)(H,54,61)(H,56,59)(H,57,60)/t32?,33?,35-,40-,45?/m0/s1. The van der Waals surface area contributed by atoms with E-state index in [0.717, 1.165) is 15.9 Å². The maximum Gasteiger partial charge on any atom is 0.246 e. The Morgan fingerprint density at radius 1 is 0.817 bits per heavy atom. The second kappa shape index (κ2) is 25.6. The largest absolute Gasteiger partial charge is 0.490 e. The van der Waals surface area contributed by atoms with Crippen LogP contribution >= 0.6 is 11.3 Å². The van der Waals surface area contributed by atoms with E-state index >= 15 is 0 Å². The molecule has 1 fully saturated rings. The predicted molar refractivity (Wildman–Crippen MR) is 275 cm³/mol. The molecule has 19 nitrogen and oxygen atoms in total. The van der Waals surface area contributed by atoms with Crippen LogP contribution in [-0.2, 0) is 48.0 Å². The molecule has 5 rings (SSSR count). The van der Waals surface area contributed by atoms with E-state index in [2.05, 4.69) is 36.6 Å². The Kier molecular flexibility index (Phi) is 20.5. The SMILES string of the molecule is CNC(C)C(=O)NC(C(=O)N1C[C@@H](NC(=O)COCCOCCOCCOCCOc2cc3nccc(Nc4ccc5scnc5c4)c3cc2S(=O)(=O)C(C)(C)C)C[C@H]1C(=O)NC(C)C(C)C)C(C)(C)C. The van der Waals surface area contributed by atoms with Gasteiger partial charge in [0.15, 0.2) is 9.84 Å². The number of nitrogens with zero attached hydrogens (tertiary/aromatic N) is 3. The molecule has 0 saturated carbocycles. The van der Waals surface area contributed by atoms with Crippen molar-refractivity contribution in [2.75, 3.05) is 78.4 Å². The number of nitrogens with one attached hydrogen (secondary N) is 5. The molecule has 4 amide bonds. The number of fused-ring (bicyclic) bond motifs is 2. The van der Waals surface area contributed by atoms with E-state index < -0.39 is 56.0 Å². The first-order valence-electron chi connectivity index (χ1n) is 24.1. The highest BCUT2D eigenvalue weighted by molar-refractivity contribution is 7.92. The van der Waals surface area contributed by atoms with Crippen molar-refractivity contribution < 1.29 is 51.3 Å². The number of rotatable bonds is 26. The summed E-state index contributed by atoms with van der Waals surface area (Å²) in [5.74, 6) is -1.10. The maximum absolute atomic E-state index is 14.1. The molecule has 21 heteroatoms. The molecule has 2 aromatic carbocycles. The summed E-state index contributed by atoms with van der Waals surface area (Å²) in [5.41, 5.74) is 4.06. The van der Waals surface area contributed by atoms with Crippen LogP contribution in [0.15, 0.2) is 53.0 Å². The highest BCUT2D eigenvalue weighted by Gasteiger charge is 2.46. The Labute approximate surface area is 422 Å². The molecular weight excluding hydrogens is 953 g/mol. The average molecular weight is 1030 g/mol. The number of ether oxygens (including phenoxy) is 5. The molecule has 71 heavy (non-hydrogen) atoms. The van der Waals surface area contributed by atoms with Gasteiger partial charge >= 0.3 is 0 Å². The van der Waals surface area contributed by atoms with Crippen LogP contribution in [0.2, 0.25) is 0 Å². The Morgan fingerprint density at radius 2 is 1.46 bits per heavy atom. The molecule has 0 bridgehead atoms. The topological polar surface area (TPSA) is 238 Å². The van der Waals surface area contributed by atoms with Gasteiger partial charge in [0, 0.05) is 47.7 Å². The number of amides is 4. The summed E-state index contributed by atoms with van der Waals surface area (Å²) in [4.78, 5) is 64.0. The van der Waals surface area contributed by atoms with Gasteiger partial charge in [0.05, 0.1) is 78.3 Å². The maximum atomic E-state index is 14.1. The summed E-state index contributed by atoms with van der Waals surface area (Å²) in [5, 5.41) is 15.7. The molecule has 0 spiro atoms. The minimum atomic E-state index is -3.83. The van der Waals surface area contributed by atoms with E-state index in [0.29, 0.717) is 29.8 Å². The first kappa shape index (κ1) is 56.9. The van der Waals surface area contributed by atoms with Crippen LogP contribution in [-0.4, -0.2) is 155 Å². The number of pyridine rings is 1. The van der Waals surface area contributed by atoms with Gasteiger partial charge < -0.3 is 55.2 Å².